The third kappa shape index (κ3) is 1.66. The Bertz CT molecular complexity index is 391. The number of likely N-dealkylation sites (tertiary alicyclic amines) is 1. The lowest BCUT2D eigenvalue weighted by molar-refractivity contribution is 0.0931. The van der Waals surface area contributed by atoms with Gasteiger partial charge < -0.3 is 5.73 Å². The van der Waals surface area contributed by atoms with Crippen LogP contribution in [0.15, 0.2) is 24.3 Å². The molecule has 1 aromatic carbocycles. The second-order valence-electron chi connectivity index (χ2n) is 5.44. The molecule has 2 N–H and O–H groups in total. The summed E-state index contributed by atoms with van der Waals surface area (Å²) in [5.41, 5.74) is 9.26. The highest BCUT2D eigenvalue weighted by atomic mass is 15.2. The van der Waals surface area contributed by atoms with Crippen LogP contribution in [0.4, 0.5) is 0 Å². The monoisotopic (exact) mass is 216 g/mol. The molecule has 0 spiro atoms. The second kappa shape index (κ2) is 3.57. The standard InChI is InChI=1S/C14H20N2/c1-11-4-2-5-12(10-11)13(14(15)6-7-14)16-8-3-9-16/h2,4-5,10,13H,3,6-9,15H2,1H3. The van der Waals surface area contributed by atoms with Gasteiger partial charge in [-0.1, -0.05) is 29.8 Å². The van der Waals surface area contributed by atoms with Crippen molar-refractivity contribution in [2.45, 2.75) is 37.8 Å². The minimum Gasteiger partial charge on any atom is -0.323 e. The fourth-order valence-corrected chi connectivity index (χ4v) is 2.76. The zero-order chi connectivity index (χ0) is 11.2. The van der Waals surface area contributed by atoms with E-state index in [-0.39, 0.29) is 5.54 Å². The first-order valence-electron chi connectivity index (χ1n) is 6.29. The molecule has 1 aliphatic carbocycles. The van der Waals surface area contributed by atoms with Gasteiger partial charge in [0.15, 0.2) is 0 Å². The fraction of sp³-hybridized carbons (Fsp3) is 0.571. The SMILES string of the molecule is Cc1cccc(C(N2CCC2)C2(N)CC2)c1. The van der Waals surface area contributed by atoms with Crippen molar-refractivity contribution in [1.82, 2.24) is 4.90 Å². The van der Waals surface area contributed by atoms with Gasteiger partial charge in [0.1, 0.15) is 0 Å². The van der Waals surface area contributed by atoms with Crippen molar-refractivity contribution in [3.05, 3.63) is 35.4 Å². The van der Waals surface area contributed by atoms with E-state index in [1.165, 1.54) is 43.5 Å². The number of nitrogens with two attached hydrogens (primary N) is 1. The molecule has 1 atom stereocenters. The van der Waals surface area contributed by atoms with Crippen LogP contribution in [0, 0.1) is 6.92 Å². The summed E-state index contributed by atoms with van der Waals surface area (Å²) in [6.07, 6.45) is 3.70. The van der Waals surface area contributed by atoms with Crippen LogP contribution in [0.1, 0.15) is 36.4 Å². The molecule has 2 aliphatic rings. The van der Waals surface area contributed by atoms with Crippen LogP contribution in [-0.4, -0.2) is 23.5 Å². The molecular weight excluding hydrogens is 196 g/mol. The highest BCUT2D eigenvalue weighted by Gasteiger charge is 2.49. The lowest BCUT2D eigenvalue weighted by atomic mass is 9.92. The molecule has 1 saturated carbocycles. The highest BCUT2D eigenvalue weighted by Crippen LogP contribution is 2.48. The number of benzene rings is 1. The largest absolute Gasteiger partial charge is 0.323 e. The molecule has 86 valence electrons. The topological polar surface area (TPSA) is 29.3 Å². The van der Waals surface area contributed by atoms with Gasteiger partial charge in [-0.25, -0.2) is 0 Å². The van der Waals surface area contributed by atoms with Crippen LogP contribution in [0.3, 0.4) is 0 Å². The molecular formula is C14H20N2. The quantitative estimate of drug-likeness (QED) is 0.839. The van der Waals surface area contributed by atoms with Gasteiger partial charge in [-0.15, -0.1) is 0 Å². The van der Waals surface area contributed by atoms with E-state index >= 15 is 0 Å². The lowest BCUT2D eigenvalue weighted by Gasteiger charge is -2.42. The Hall–Kier alpha value is -0.860. The van der Waals surface area contributed by atoms with E-state index < -0.39 is 0 Å². The maximum absolute atomic E-state index is 6.44. The van der Waals surface area contributed by atoms with Gasteiger partial charge in [0.05, 0.1) is 6.04 Å². The maximum Gasteiger partial charge on any atom is 0.0528 e. The predicted octanol–water partition coefficient (Wildman–Crippen LogP) is 2.23. The smallest absolute Gasteiger partial charge is 0.0528 e. The van der Waals surface area contributed by atoms with E-state index in [0.717, 1.165) is 0 Å². The first-order chi connectivity index (χ1) is 7.69. The third-order valence-corrected chi connectivity index (χ3v) is 3.99. The Morgan fingerprint density at radius 2 is 2.06 bits per heavy atom. The van der Waals surface area contributed by atoms with Gasteiger partial charge in [-0.05, 0) is 31.7 Å². The molecule has 16 heavy (non-hydrogen) atoms. The van der Waals surface area contributed by atoms with E-state index in [1.807, 2.05) is 0 Å². The van der Waals surface area contributed by atoms with Crippen LogP contribution in [0.2, 0.25) is 0 Å². The Labute approximate surface area is 97.4 Å². The van der Waals surface area contributed by atoms with E-state index in [2.05, 4.69) is 36.1 Å². The van der Waals surface area contributed by atoms with Crippen LogP contribution in [0.25, 0.3) is 0 Å². The van der Waals surface area contributed by atoms with Crippen LogP contribution in [0.5, 0.6) is 0 Å². The summed E-state index contributed by atoms with van der Waals surface area (Å²) in [4.78, 5) is 2.54. The minimum atomic E-state index is 0.0637. The molecule has 1 heterocycles. The summed E-state index contributed by atoms with van der Waals surface area (Å²) in [6, 6.07) is 9.32. The number of hydrogen-bond acceptors (Lipinski definition) is 2. The van der Waals surface area contributed by atoms with Gasteiger partial charge in [-0.2, -0.15) is 0 Å². The number of nitrogens with zero attached hydrogens (tertiary/aromatic N) is 1. The second-order valence-corrected chi connectivity index (χ2v) is 5.44. The van der Waals surface area contributed by atoms with E-state index in [0.29, 0.717) is 6.04 Å². The van der Waals surface area contributed by atoms with Gasteiger partial charge in [0.2, 0.25) is 0 Å². The predicted molar refractivity (Wildman–Crippen MR) is 66.3 cm³/mol. The summed E-state index contributed by atoms with van der Waals surface area (Å²) in [6.45, 7) is 4.60. The van der Waals surface area contributed by atoms with Gasteiger partial charge in [0.25, 0.3) is 0 Å². The van der Waals surface area contributed by atoms with Crippen molar-refractivity contribution in [3.63, 3.8) is 0 Å². The molecule has 1 saturated heterocycles. The highest BCUT2D eigenvalue weighted by molar-refractivity contribution is 5.30. The summed E-state index contributed by atoms with van der Waals surface area (Å²) in [7, 11) is 0. The molecule has 0 radical (unpaired) electrons. The number of hydrogen-bond donors (Lipinski definition) is 1. The Balaban J connectivity index is 1.92. The van der Waals surface area contributed by atoms with Crippen LogP contribution >= 0.6 is 0 Å². The first-order valence-corrected chi connectivity index (χ1v) is 6.29. The van der Waals surface area contributed by atoms with Gasteiger partial charge in [-0.3, -0.25) is 4.90 Å². The average molecular weight is 216 g/mol. The van der Waals surface area contributed by atoms with E-state index in [4.69, 9.17) is 5.73 Å². The molecule has 2 nitrogen and oxygen atoms in total. The normalized spacial score (nSPS) is 24.9. The lowest BCUT2D eigenvalue weighted by Crippen LogP contribution is -2.49. The number of aryl methyl sites for hydroxylation is 1. The molecule has 2 heteroatoms. The molecule has 3 rings (SSSR count). The summed E-state index contributed by atoms with van der Waals surface area (Å²) < 4.78 is 0. The molecule has 1 unspecified atom stereocenters. The van der Waals surface area contributed by atoms with Crippen molar-refractivity contribution in [2.75, 3.05) is 13.1 Å². The minimum absolute atomic E-state index is 0.0637. The van der Waals surface area contributed by atoms with Crippen molar-refractivity contribution in [1.29, 1.82) is 0 Å². The molecule has 0 aromatic heterocycles. The molecule has 0 amide bonds. The Morgan fingerprint density at radius 3 is 2.56 bits per heavy atom. The summed E-state index contributed by atoms with van der Waals surface area (Å²) in [5, 5.41) is 0. The Kier molecular flexibility index (Phi) is 2.30. The Morgan fingerprint density at radius 1 is 1.31 bits per heavy atom. The molecule has 1 aromatic rings. The molecule has 2 fully saturated rings. The van der Waals surface area contributed by atoms with Gasteiger partial charge in [0, 0.05) is 18.6 Å². The van der Waals surface area contributed by atoms with Crippen molar-refractivity contribution >= 4 is 0 Å². The van der Waals surface area contributed by atoms with Crippen molar-refractivity contribution in [3.8, 4) is 0 Å². The summed E-state index contributed by atoms with van der Waals surface area (Å²) >= 11 is 0. The van der Waals surface area contributed by atoms with Crippen molar-refractivity contribution < 1.29 is 0 Å². The third-order valence-electron chi connectivity index (χ3n) is 3.99. The van der Waals surface area contributed by atoms with Gasteiger partial charge >= 0.3 is 0 Å². The molecule has 1 aliphatic heterocycles. The van der Waals surface area contributed by atoms with Crippen LogP contribution in [-0.2, 0) is 0 Å². The average Bonchev–Trinajstić information content (AvgIpc) is 2.90. The van der Waals surface area contributed by atoms with Crippen LogP contribution < -0.4 is 5.73 Å². The van der Waals surface area contributed by atoms with E-state index in [9.17, 15) is 0 Å². The zero-order valence-electron chi connectivity index (χ0n) is 9.95. The maximum atomic E-state index is 6.44. The molecule has 0 bridgehead atoms. The fourth-order valence-electron chi connectivity index (χ4n) is 2.76. The van der Waals surface area contributed by atoms with E-state index in [1.54, 1.807) is 0 Å². The number of rotatable bonds is 3. The summed E-state index contributed by atoms with van der Waals surface area (Å²) in [5.74, 6) is 0. The zero-order valence-corrected chi connectivity index (χ0v) is 9.95. The van der Waals surface area contributed by atoms with Crippen molar-refractivity contribution in [2.24, 2.45) is 5.73 Å². The first kappa shape index (κ1) is 10.3.